The van der Waals surface area contributed by atoms with E-state index in [4.69, 9.17) is 9.15 Å². The summed E-state index contributed by atoms with van der Waals surface area (Å²) in [5.74, 6) is -1.81. The van der Waals surface area contributed by atoms with Crippen LogP contribution in [-0.2, 0) is 0 Å². The fourth-order valence-corrected chi connectivity index (χ4v) is 3.15. The fraction of sp³-hybridized carbons (Fsp3) is 0.250. The van der Waals surface area contributed by atoms with Crippen LogP contribution in [0.3, 0.4) is 0 Å². The maximum Gasteiger partial charge on any atom is 0.337 e. The normalized spacial score (nSPS) is 18.4. The van der Waals surface area contributed by atoms with Gasteiger partial charge in [-0.1, -0.05) is 12.1 Å². The Bertz CT molecular complexity index is 1080. The molecular formula is C20H18FN5O5. The number of carboxylic acid groups (broad SMARTS) is 1. The van der Waals surface area contributed by atoms with Crippen molar-refractivity contribution in [2.24, 2.45) is 0 Å². The van der Waals surface area contributed by atoms with E-state index in [0.717, 1.165) is 6.26 Å². The molecule has 3 heterocycles. The number of alkyl halides is 1. The quantitative estimate of drug-likeness (QED) is 0.609. The Balaban J connectivity index is 1.39. The zero-order valence-corrected chi connectivity index (χ0v) is 16.1. The predicted octanol–water partition coefficient (Wildman–Crippen LogP) is 2.41. The highest BCUT2D eigenvalue weighted by atomic mass is 19.1. The molecule has 1 aliphatic heterocycles. The van der Waals surface area contributed by atoms with Gasteiger partial charge < -0.3 is 24.5 Å². The Morgan fingerprint density at radius 3 is 2.74 bits per heavy atom. The number of amides is 1. The molecule has 1 fully saturated rings. The van der Waals surface area contributed by atoms with Gasteiger partial charge in [0, 0.05) is 25.4 Å². The number of carbonyl (C=O) groups is 2. The lowest BCUT2D eigenvalue weighted by Crippen LogP contribution is -2.47. The van der Waals surface area contributed by atoms with Crippen molar-refractivity contribution in [1.82, 2.24) is 15.0 Å². The van der Waals surface area contributed by atoms with Crippen molar-refractivity contribution in [2.45, 2.75) is 18.7 Å². The second-order valence-electron chi connectivity index (χ2n) is 6.76. The first-order chi connectivity index (χ1) is 15.0. The van der Waals surface area contributed by atoms with E-state index in [-0.39, 0.29) is 35.5 Å². The van der Waals surface area contributed by atoms with Crippen molar-refractivity contribution in [3.05, 3.63) is 60.2 Å². The SMILES string of the molecule is O=C(Nc1ccccc1C(=O)O)c1coc(N2CC[C@@H](Oc3ncccn3)[C@@H](F)C2)n1. The smallest absolute Gasteiger partial charge is 0.337 e. The van der Waals surface area contributed by atoms with Crippen molar-refractivity contribution in [3.8, 4) is 6.01 Å². The molecule has 1 saturated heterocycles. The van der Waals surface area contributed by atoms with Gasteiger partial charge in [-0.15, -0.1) is 0 Å². The number of hydrogen-bond acceptors (Lipinski definition) is 8. The lowest BCUT2D eigenvalue weighted by molar-refractivity contribution is 0.0698. The number of hydrogen-bond donors (Lipinski definition) is 2. The second kappa shape index (κ2) is 8.78. The van der Waals surface area contributed by atoms with E-state index in [9.17, 15) is 19.1 Å². The van der Waals surface area contributed by atoms with Crippen molar-refractivity contribution in [1.29, 1.82) is 0 Å². The van der Waals surface area contributed by atoms with E-state index in [1.807, 2.05) is 0 Å². The third-order valence-corrected chi connectivity index (χ3v) is 4.68. The zero-order chi connectivity index (χ0) is 21.8. The molecule has 2 atom stereocenters. The number of nitrogens with zero attached hydrogens (tertiary/aromatic N) is 4. The summed E-state index contributed by atoms with van der Waals surface area (Å²) in [6, 6.07) is 7.84. The van der Waals surface area contributed by atoms with Crippen LogP contribution in [0.25, 0.3) is 0 Å². The minimum Gasteiger partial charge on any atom is -0.478 e. The Morgan fingerprint density at radius 1 is 1.23 bits per heavy atom. The average molecular weight is 427 g/mol. The number of rotatable bonds is 6. The van der Waals surface area contributed by atoms with Crippen LogP contribution >= 0.6 is 0 Å². The first-order valence-electron chi connectivity index (χ1n) is 9.43. The average Bonchev–Trinajstić information content (AvgIpc) is 3.27. The van der Waals surface area contributed by atoms with Crippen molar-refractivity contribution >= 4 is 23.6 Å². The lowest BCUT2D eigenvalue weighted by Gasteiger charge is -2.33. The Labute approximate surface area is 175 Å². The molecule has 4 rings (SSSR count). The number of aromatic nitrogens is 3. The number of ether oxygens (including phenoxy) is 1. The molecule has 1 aliphatic rings. The van der Waals surface area contributed by atoms with Gasteiger partial charge in [0.05, 0.1) is 17.8 Å². The van der Waals surface area contributed by atoms with Gasteiger partial charge in [0.15, 0.2) is 11.9 Å². The second-order valence-corrected chi connectivity index (χ2v) is 6.76. The minimum absolute atomic E-state index is 0.0408. The highest BCUT2D eigenvalue weighted by molar-refractivity contribution is 6.06. The topological polar surface area (TPSA) is 131 Å². The molecule has 3 aromatic rings. The molecule has 1 amide bonds. The summed E-state index contributed by atoms with van der Waals surface area (Å²) in [6.07, 6.45) is 2.46. The van der Waals surface area contributed by atoms with Crippen LogP contribution in [0, 0.1) is 0 Å². The van der Waals surface area contributed by atoms with Crippen LogP contribution in [-0.4, -0.2) is 57.3 Å². The highest BCUT2D eigenvalue weighted by Gasteiger charge is 2.33. The summed E-state index contributed by atoms with van der Waals surface area (Å²) in [5, 5.41) is 11.7. The number of anilines is 2. The molecule has 11 heteroatoms. The zero-order valence-electron chi connectivity index (χ0n) is 16.1. The highest BCUT2D eigenvalue weighted by Crippen LogP contribution is 2.24. The van der Waals surface area contributed by atoms with Gasteiger partial charge in [-0.3, -0.25) is 4.79 Å². The molecule has 31 heavy (non-hydrogen) atoms. The Hall–Kier alpha value is -4.02. The number of piperidine rings is 1. The molecule has 0 unspecified atom stereocenters. The summed E-state index contributed by atoms with van der Waals surface area (Å²) in [4.78, 5) is 37.3. The number of halogens is 1. The van der Waals surface area contributed by atoms with E-state index in [2.05, 4.69) is 20.3 Å². The van der Waals surface area contributed by atoms with E-state index in [1.54, 1.807) is 23.1 Å². The monoisotopic (exact) mass is 427 g/mol. The van der Waals surface area contributed by atoms with E-state index < -0.39 is 24.2 Å². The van der Waals surface area contributed by atoms with Gasteiger partial charge in [-0.25, -0.2) is 19.2 Å². The van der Waals surface area contributed by atoms with Gasteiger partial charge >= 0.3 is 12.0 Å². The van der Waals surface area contributed by atoms with Crippen LogP contribution in [0.2, 0.25) is 0 Å². The summed E-state index contributed by atoms with van der Waals surface area (Å²) >= 11 is 0. The van der Waals surface area contributed by atoms with Crippen LogP contribution in [0.4, 0.5) is 16.1 Å². The number of para-hydroxylation sites is 1. The van der Waals surface area contributed by atoms with Crippen LogP contribution < -0.4 is 15.0 Å². The number of carboxylic acids is 1. The third-order valence-electron chi connectivity index (χ3n) is 4.68. The maximum absolute atomic E-state index is 14.6. The Morgan fingerprint density at radius 2 is 2.00 bits per heavy atom. The van der Waals surface area contributed by atoms with Gasteiger partial charge in [0.25, 0.3) is 11.9 Å². The minimum atomic E-state index is -1.34. The molecule has 0 saturated carbocycles. The number of carbonyl (C=O) groups excluding carboxylic acids is 1. The molecular weight excluding hydrogens is 409 g/mol. The molecule has 0 aliphatic carbocycles. The standard InChI is InChI=1S/C20H18FN5O5/c21-13-10-26(9-6-16(13)31-19-22-7-3-8-23-19)20-25-15(11-30-20)17(27)24-14-5-2-1-4-12(14)18(28)29/h1-5,7-8,11,13,16H,6,9-10H2,(H,24,27)(H,28,29)/t13-,16+/m0/s1. The van der Waals surface area contributed by atoms with Gasteiger partial charge in [-0.2, -0.15) is 4.98 Å². The summed E-state index contributed by atoms with van der Waals surface area (Å²) in [7, 11) is 0. The summed E-state index contributed by atoms with van der Waals surface area (Å²) in [6.45, 7) is 0.349. The first-order valence-corrected chi connectivity index (χ1v) is 9.43. The largest absolute Gasteiger partial charge is 0.478 e. The van der Waals surface area contributed by atoms with Gasteiger partial charge in [0.1, 0.15) is 12.4 Å². The lowest BCUT2D eigenvalue weighted by atomic mass is 10.1. The molecule has 0 spiro atoms. The molecule has 2 aromatic heterocycles. The van der Waals surface area contributed by atoms with Crippen LogP contribution in [0.15, 0.2) is 53.4 Å². The predicted molar refractivity (Wildman–Crippen MR) is 106 cm³/mol. The number of aromatic carboxylic acids is 1. The number of nitrogens with one attached hydrogen (secondary N) is 1. The first kappa shape index (κ1) is 20.3. The summed E-state index contributed by atoms with van der Waals surface area (Å²) in [5.41, 5.74) is 0.0282. The fourth-order valence-electron chi connectivity index (χ4n) is 3.15. The van der Waals surface area contributed by atoms with E-state index in [1.165, 1.54) is 24.5 Å². The summed E-state index contributed by atoms with van der Waals surface area (Å²) < 4.78 is 25.5. The van der Waals surface area contributed by atoms with Gasteiger partial charge in [0.2, 0.25) is 0 Å². The molecule has 1 aromatic carbocycles. The molecule has 0 radical (unpaired) electrons. The van der Waals surface area contributed by atoms with Crippen LogP contribution in [0.5, 0.6) is 6.01 Å². The van der Waals surface area contributed by atoms with Crippen molar-refractivity contribution in [2.75, 3.05) is 23.3 Å². The van der Waals surface area contributed by atoms with E-state index in [0.29, 0.717) is 13.0 Å². The van der Waals surface area contributed by atoms with E-state index >= 15 is 0 Å². The van der Waals surface area contributed by atoms with Crippen molar-refractivity contribution in [3.63, 3.8) is 0 Å². The molecule has 10 nitrogen and oxygen atoms in total. The Kier molecular flexibility index (Phi) is 5.74. The number of benzene rings is 1. The van der Waals surface area contributed by atoms with Crippen LogP contribution in [0.1, 0.15) is 27.3 Å². The van der Waals surface area contributed by atoms with Crippen molar-refractivity contribution < 1.29 is 28.2 Å². The molecule has 160 valence electrons. The number of oxazole rings is 1. The third kappa shape index (κ3) is 4.60. The maximum atomic E-state index is 14.6. The molecule has 0 bridgehead atoms. The van der Waals surface area contributed by atoms with Gasteiger partial charge in [-0.05, 0) is 18.2 Å². The molecule has 2 N–H and O–H groups in total.